The second-order valence-electron chi connectivity index (χ2n) is 5.31. The third kappa shape index (κ3) is 3.10. The molecule has 21 heavy (non-hydrogen) atoms. The fourth-order valence-corrected chi connectivity index (χ4v) is 3.18. The highest BCUT2D eigenvalue weighted by molar-refractivity contribution is 9.10. The molecule has 0 aromatic heterocycles. The van der Waals surface area contributed by atoms with E-state index in [4.69, 9.17) is 0 Å². The Labute approximate surface area is 133 Å². The van der Waals surface area contributed by atoms with E-state index in [1.807, 2.05) is 37.3 Å². The van der Waals surface area contributed by atoms with Crippen LogP contribution in [0.15, 0.2) is 46.9 Å². The molecule has 108 valence electrons. The highest BCUT2D eigenvalue weighted by Gasteiger charge is 2.20. The molecule has 0 radical (unpaired) electrons. The Morgan fingerprint density at radius 1 is 1.29 bits per heavy atom. The van der Waals surface area contributed by atoms with Gasteiger partial charge in [0.1, 0.15) is 0 Å². The van der Waals surface area contributed by atoms with Crippen molar-refractivity contribution >= 4 is 33.2 Å². The van der Waals surface area contributed by atoms with E-state index in [-0.39, 0.29) is 5.91 Å². The van der Waals surface area contributed by atoms with E-state index in [1.54, 1.807) is 0 Å². The van der Waals surface area contributed by atoms with Gasteiger partial charge in [-0.25, -0.2) is 0 Å². The largest absolute Gasteiger partial charge is 0.362 e. The van der Waals surface area contributed by atoms with Gasteiger partial charge in [-0.3, -0.25) is 4.79 Å². The van der Waals surface area contributed by atoms with Gasteiger partial charge in [-0.2, -0.15) is 0 Å². The minimum absolute atomic E-state index is 0.0251. The summed E-state index contributed by atoms with van der Waals surface area (Å²) in [6, 6.07) is 14.2. The standard InChI is InChI=1S/C17H17BrN2O/c1-12-10-14(18)6-7-15(12)19-17(21)11-20-9-8-13-4-2-3-5-16(13)20/h2-7,10H,8-9,11H2,1H3,(H,19,21). The molecule has 1 N–H and O–H groups in total. The number of amides is 1. The zero-order chi connectivity index (χ0) is 14.8. The van der Waals surface area contributed by atoms with Crippen LogP contribution in [0.2, 0.25) is 0 Å². The van der Waals surface area contributed by atoms with Crippen molar-refractivity contribution in [3.05, 3.63) is 58.1 Å². The molecule has 0 fully saturated rings. The van der Waals surface area contributed by atoms with E-state index in [1.165, 1.54) is 11.3 Å². The van der Waals surface area contributed by atoms with E-state index < -0.39 is 0 Å². The molecule has 0 unspecified atom stereocenters. The molecule has 1 heterocycles. The summed E-state index contributed by atoms with van der Waals surface area (Å²) in [5, 5.41) is 2.99. The van der Waals surface area contributed by atoms with Crippen molar-refractivity contribution in [2.75, 3.05) is 23.3 Å². The molecule has 2 aromatic rings. The average Bonchev–Trinajstić information content (AvgIpc) is 2.85. The second-order valence-corrected chi connectivity index (χ2v) is 6.22. The van der Waals surface area contributed by atoms with Gasteiger partial charge in [-0.1, -0.05) is 34.1 Å². The van der Waals surface area contributed by atoms with Gasteiger partial charge in [0, 0.05) is 22.4 Å². The van der Waals surface area contributed by atoms with Crippen molar-refractivity contribution in [2.45, 2.75) is 13.3 Å². The highest BCUT2D eigenvalue weighted by atomic mass is 79.9. The summed E-state index contributed by atoms with van der Waals surface area (Å²) in [7, 11) is 0. The fourth-order valence-electron chi connectivity index (χ4n) is 2.70. The number of anilines is 2. The first-order valence-corrected chi connectivity index (χ1v) is 7.81. The zero-order valence-electron chi connectivity index (χ0n) is 11.9. The molecule has 0 aliphatic carbocycles. The quantitative estimate of drug-likeness (QED) is 0.919. The SMILES string of the molecule is Cc1cc(Br)ccc1NC(=O)CN1CCc2ccccc21. The predicted molar refractivity (Wildman–Crippen MR) is 89.9 cm³/mol. The first-order valence-electron chi connectivity index (χ1n) is 7.02. The van der Waals surface area contributed by atoms with Gasteiger partial charge >= 0.3 is 0 Å². The number of hydrogen-bond donors (Lipinski definition) is 1. The number of para-hydroxylation sites is 1. The van der Waals surface area contributed by atoms with Crippen molar-refractivity contribution in [3.8, 4) is 0 Å². The summed E-state index contributed by atoms with van der Waals surface area (Å²) >= 11 is 3.43. The van der Waals surface area contributed by atoms with Crippen molar-refractivity contribution in [1.82, 2.24) is 0 Å². The van der Waals surface area contributed by atoms with Crippen LogP contribution in [0.25, 0.3) is 0 Å². The molecule has 0 saturated heterocycles. The number of nitrogens with zero attached hydrogens (tertiary/aromatic N) is 1. The monoisotopic (exact) mass is 344 g/mol. The van der Waals surface area contributed by atoms with Gasteiger partial charge in [0.15, 0.2) is 0 Å². The Hall–Kier alpha value is -1.81. The third-order valence-corrected chi connectivity index (χ3v) is 4.27. The molecule has 3 rings (SSSR count). The molecule has 1 aliphatic heterocycles. The van der Waals surface area contributed by atoms with Gasteiger partial charge in [0.25, 0.3) is 0 Å². The molecule has 4 heteroatoms. The van der Waals surface area contributed by atoms with Crippen molar-refractivity contribution < 1.29 is 4.79 Å². The van der Waals surface area contributed by atoms with Crippen LogP contribution < -0.4 is 10.2 Å². The van der Waals surface area contributed by atoms with Crippen LogP contribution in [0.5, 0.6) is 0 Å². The molecule has 2 aromatic carbocycles. The molecule has 0 spiro atoms. The van der Waals surface area contributed by atoms with Crippen molar-refractivity contribution in [1.29, 1.82) is 0 Å². The highest BCUT2D eigenvalue weighted by Crippen LogP contribution is 2.27. The number of carbonyl (C=O) groups excluding carboxylic acids is 1. The van der Waals surface area contributed by atoms with Crippen molar-refractivity contribution in [3.63, 3.8) is 0 Å². The minimum atomic E-state index is 0.0251. The molecule has 1 aliphatic rings. The lowest BCUT2D eigenvalue weighted by Crippen LogP contribution is -2.32. The maximum Gasteiger partial charge on any atom is 0.243 e. The number of halogens is 1. The van der Waals surface area contributed by atoms with Gasteiger partial charge < -0.3 is 10.2 Å². The molecule has 0 atom stereocenters. The molecule has 0 saturated carbocycles. The van der Waals surface area contributed by atoms with Gasteiger partial charge in [-0.15, -0.1) is 0 Å². The van der Waals surface area contributed by atoms with Crippen LogP contribution in [0.1, 0.15) is 11.1 Å². The summed E-state index contributed by atoms with van der Waals surface area (Å²) in [6.07, 6.45) is 1.01. The van der Waals surface area contributed by atoms with Crippen LogP contribution in [0, 0.1) is 6.92 Å². The minimum Gasteiger partial charge on any atom is -0.362 e. The third-order valence-electron chi connectivity index (χ3n) is 3.78. The lowest BCUT2D eigenvalue weighted by molar-refractivity contribution is -0.115. The number of nitrogens with one attached hydrogen (secondary N) is 1. The molecular formula is C17H17BrN2O. The number of rotatable bonds is 3. The normalized spacial score (nSPS) is 13.1. The number of carbonyl (C=O) groups is 1. The second kappa shape index (κ2) is 5.90. The Morgan fingerprint density at radius 3 is 2.90 bits per heavy atom. The number of aryl methyl sites for hydroxylation is 1. The van der Waals surface area contributed by atoms with E-state index in [0.29, 0.717) is 6.54 Å². The lowest BCUT2D eigenvalue weighted by atomic mass is 10.2. The summed E-state index contributed by atoms with van der Waals surface area (Å²) in [4.78, 5) is 14.4. The first kappa shape index (κ1) is 14.1. The molecular weight excluding hydrogens is 328 g/mol. The van der Waals surface area contributed by atoms with Crippen LogP contribution in [0.4, 0.5) is 11.4 Å². The summed E-state index contributed by atoms with van der Waals surface area (Å²) in [5.74, 6) is 0.0251. The maximum atomic E-state index is 12.3. The van der Waals surface area contributed by atoms with Crippen LogP contribution in [-0.2, 0) is 11.2 Å². The zero-order valence-corrected chi connectivity index (χ0v) is 13.5. The van der Waals surface area contributed by atoms with Gasteiger partial charge in [-0.05, 0) is 48.7 Å². The molecule has 1 amide bonds. The maximum absolute atomic E-state index is 12.3. The van der Waals surface area contributed by atoms with E-state index in [9.17, 15) is 4.79 Å². The smallest absolute Gasteiger partial charge is 0.243 e. The molecule has 3 nitrogen and oxygen atoms in total. The van der Waals surface area contributed by atoms with Gasteiger partial charge in [0.2, 0.25) is 5.91 Å². The Morgan fingerprint density at radius 2 is 2.10 bits per heavy atom. The number of hydrogen-bond acceptors (Lipinski definition) is 2. The number of fused-ring (bicyclic) bond motifs is 1. The van der Waals surface area contributed by atoms with Crippen LogP contribution >= 0.6 is 15.9 Å². The number of benzene rings is 2. The summed E-state index contributed by atoms with van der Waals surface area (Å²) in [5.41, 5.74) is 4.43. The van der Waals surface area contributed by atoms with E-state index >= 15 is 0 Å². The Kier molecular flexibility index (Phi) is 3.97. The van der Waals surface area contributed by atoms with E-state index in [0.717, 1.165) is 28.7 Å². The van der Waals surface area contributed by atoms with Gasteiger partial charge in [0.05, 0.1) is 6.54 Å². The summed E-state index contributed by atoms with van der Waals surface area (Å²) < 4.78 is 1.02. The fraction of sp³-hybridized carbons (Fsp3) is 0.235. The Bertz CT molecular complexity index is 684. The lowest BCUT2D eigenvalue weighted by Gasteiger charge is -2.19. The first-order chi connectivity index (χ1) is 10.1. The summed E-state index contributed by atoms with van der Waals surface area (Å²) in [6.45, 7) is 3.30. The molecule has 0 bridgehead atoms. The van der Waals surface area contributed by atoms with Crippen molar-refractivity contribution in [2.24, 2.45) is 0 Å². The predicted octanol–water partition coefficient (Wildman–Crippen LogP) is 3.76. The topological polar surface area (TPSA) is 32.3 Å². The average molecular weight is 345 g/mol. The van der Waals surface area contributed by atoms with Crippen LogP contribution in [0.3, 0.4) is 0 Å². The van der Waals surface area contributed by atoms with E-state index in [2.05, 4.69) is 38.3 Å². The van der Waals surface area contributed by atoms with Crippen LogP contribution in [-0.4, -0.2) is 19.0 Å². The Balaban J connectivity index is 1.68.